The van der Waals surface area contributed by atoms with Gasteiger partial charge in [0.05, 0.1) is 6.61 Å². The smallest absolute Gasteiger partial charge is 0.123 e. The molecule has 16 heavy (non-hydrogen) atoms. The second kappa shape index (κ2) is 3.91. The third-order valence-electron chi connectivity index (χ3n) is 3.26. The van der Waals surface area contributed by atoms with E-state index in [9.17, 15) is 4.39 Å². The molecule has 0 saturated carbocycles. The second-order valence-electron chi connectivity index (χ2n) is 4.29. The van der Waals surface area contributed by atoms with Crippen LogP contribution in [0.25, 0.3) is 0 Å². The quantitative estimate of drug-likeness (QED) is 0.731. The van der Waals surface area contributed by atoms with Crippen molar-refractivity contribution in [2.75, 3.05) is 19.7 Å². The summed E-state index contributed by atoms with van der Waals surface area (Å²) in [5.41, 5.74) is 2.32. The van der Waals surface area contributed by atoms with E-state index in [-0.39, 0.29) is 11.7 Å². The van der Waals surface area contributed by atoms with E-state index >= 15 is 0 Å². The molecule has 2 nitrogen and oxygen atoms in total. The second-order valence-corrected chi connectivity index (χ2v) is 4.29. The average molecular weight is 219 g/mol. The Morgan fingerprint density at radius 2 is 2.31 bits per heavy atom. The van der Waals surface area contributed by atoms with Gasteiger partial charge in [0.15, 0.2) is 0 Å². The SMILES string of the molecule is Fc1ccc2c(c1)[C@H](C1=CCCNC1)CO2. The first-order valence-corrected chi connectivity index (χ1v) is 5.66. The highest BCUT2D eigenvalue weighted by Gasteiger charge is 2.28. The van der Waals surface area contributed by atoms with Crippen molar-refractivity contribution in [3.05, 3.63) is 41.2 Å². The molecule has 84 valence electrons. The van der Waals surface area contributed by atoms with Crippen molar-refractivity contribution in [2.45, 2.75) is 12.3 Å². The topological polar surface area (TPSA) is 21.3 Å². The molecule has 3 rings (SSSR count). The molecule has 0 amide bonds. The summed E-state index contributed by atoms with van der Waals surface area (Å²) in [4.78, 5) is 0. The first-order chi connectivity index (χ1) is 7.84. The Kier molecular flexibility index (Phi) is 2.40. The Bertz CT molecular complexity index is 442. The van der Waals surface area contributed by atoms with Crippen molar-refractivity contribution in [2.24, 2.45) is 0 Å². The van der Waals surface area contributed by atoms with E-state index in [0.717, 1.165) is 30.8 Å². The summed E-state index contributed by atoms with van der Waals surface area (Å²) < 4.78 is 18.8. The lowest BCUT2D eigenvalue weighted by Crippen LogP contribution is -2.25. The van der Waals surface area contributed by atoms with Crippen LogP contribution in [0.3, 0.4) is 0 Å². The van der Waals surface area contributed by atoms with Gasteiger partial charge in [0.25, 0.3) is 0 Å². The van der Waals surface area contributed by atoms with E-state index in [2.05, 4.69) is 11.4 Å². The van der Waals surface area contributed by atoms with Crippen LogP contribution in [0.2, 0.25) is 0 Å². The lowest BCUT2D eigenvalue weighted by atomic mass is 9.91. The van der Waals surface area contributed by atoms with Gasteiger partial charge in [0, 0.05) is 18.0 Å². The zero-order valence-electron chi connectivity index (χ0n) is 9.00. The maximum atomic E-state index is 13.2. The van der Waals surface area contributed by atoms with Crippen molar-refractivity contribution in [3.8, 4) is 5.75 Å². The summed E-state index contributed by atoms with van der Waals surface area (Å²) in [5.74, 6) is 0.884. The van der Waals surface area contributed by atoms with Crippen LogP contribution in [-0.2, 0) is 0 Å². The van der Waals surface area contributed by atoms with Gasteiger partial charge in [-0.15, -0.1) is 0 Å². The molecule has 0 radical (unpaired) electrons. The molecule has 0 bridgehead atoms. The third-order valence-corrected chi connectivity index (χ3v) is 3.26. The molecule has 2 heterocycles. The van der Waals surface area contributed by atoms with Crippen LogP contribution in [0, 0.1) is 5.82 Å². The summed E-state index contributed by atoms with van der Waals surface area (Å²) in [6.45, 7) is 2.57. The van der Waals surface area contributed by atoms with E-state index < -0.39 is 0 Å². The fourth-order valence-corrected chi connectivity index (χ4v) is 2.42. The summed E-state index contributed by atoms with van der Waals surface area (Å²) in [7, 11) is 0. The first kappa shape index (κ1) is 9.85. The number of rotatable bonds is 1. The molecule has 1 atom stereocenters. The zero-order valence-corrected chi connectivity index (χ0v) is 9.00. The van der Waals surface area contributed by atoms with E-state index in [0.29, 0.717) is 6.61 Å². The predicted octanol–water partition coefficient (Wildman–Crippen LogP) is 2.22. The van der Waals surface area contributed by atoms with Gasteiger partial charge in [-0.3, -0.25) is 0 Å². The molecular weight excluding hydrogens is 205 g/mol. The van der Waals surface area contributed by atoms with Gasteiger partial charge in [-0.25, -0.2) is 4.39 Å². The molecule has 0 fully saturated rings. The number of halogens is 1. The third kappa shape index (κ3) is 1.61. The Morgan fingerprint density at radius 3 is 3.12 bits per heavy atom. The first-order valence-electron chi connectivity index (χ1n) is 5.66. The molecule has 2 aliphatic heterocycles. The van der Waals surface area contributed by atoms with E-state index in [1.54, 1.807) is 12.1 Å². The van der Waals surface area contributed by atoms with Crippen molar-refractivity contribution in [1.29, 1.82) is 0 Å². The Balaban J connectivity index is 1.95. The molecule has 0 unspecified atom stereocenters. The molecule has 3 heteroatoms. The molecule has 1 aromatic carbocycles. The fourth-order valence-electron chi connectivity index (χ4n) is 2.42. The van der Waals surface area contributed by atoms with Crippen LogP contribution >= 0.6 is 0 Å². The number of nitrogens with one attached hydrogen (secondary N) is 1. The number of fused-ring (bicyclic) bond motifs is 1. The Hall–Kier alpha value is -1.35. The largest absolute Gasteiger partial charge is 0.492 e. The van der Waals surface area contributed by atoms with Crippen molar-refractivity contribution in [3.63, 3.8) is 0 Å². The number of ether oxygens (including phenoxy) is 1. The molecule has 0 aliphatic carbocycles. The maximum absolute atomic E-state index is 13.2. The monoisotopic (exact) mass is 219 g/mol. The van der Waals surface area contributed by atoms with E-state index in [1.165, 1.54) is 11.6 Å². The van der Waals surface area contributed by atoms with Crippen LogP contribution < -0.4 is 10.1 Å². The molecule has 0 saturated heterocycles. The molecule has 2 aliphatic rings. The van der Waals surface area contributed by atoms with Crippen LogP contribution in [0.5, 0.6) is 5.75 Å². The lowest BCUT2D eigenvalue weighted by molar-refractivity contribution is 0.339. The average Bonchev–Trinajstić information content (AvgIpc) is 2.73. The van der Waals surface area contributed by atoms with Crippen LogP contribution in [0.4, 0.5) is 4.39 Å². The minimum atomic E-state index is -0.182. The van der Waals surface area contributed by atoms with Gasteiger partial charge >= 0.3 is 0 Å². The minimum absolute atomic E-state index is 0.182. The van der Waals surface area contributed by atoms with Gasteiger partial charge in [0.1, 0.15) is 11.6 Å². The van der Waals surface area contributed by atoms with Crippen molar-refractivity contribution < 1.29 is 9.13 Å². The number of hydrogen-bond acceptors (Lipinski definition) is 2. The highest BCUT2D eigenvalue weighted by molar-refractivity contribution is 5.45. The summed E-state index contributed by atoms with van der Waals surface area (Å²) in [6.07, 6.45) is 3.31. The van der Waals surface area contributed by atoms with Gasteiger partial charge in [-0.2, -0.15) is 0 Å². The summed E-state index contributed by atoms with van der Waals surface area (Å²) >= 11 is 0. The summed E-state index contributed by atoms with van der Waals surface area (Å²) in [5, 5.41) is 3.34. The predicted molar refractivity (Wildman–Crippen MR) is 60.2 cm³/mol. The normalized spacial score (nSPS) is 23.6. The molecule has 0 spiro atoms. The number of hydrogen-bond donors (Lipinski definition) is 1. The molecule has 1 aromatic rings. The Labute approximate surface area is 94.1 Å². The zero-order chi connectivity index (χ0) is 11.0. The van der Waals surface area contributed by atoms with Crippen LogP contribution in [-0.4, -0.2) is 19.7 Å². The van der Waals surface area contributed by atoms with Crippen LogP contribution in [0.1, 0.15) is 17.9 Å². The van der Waals surface area contributed by atoms with Crippen LogP contribution in [0.15, 0.2) is 29.8 Å². The summed E-state index contributed by atoms with van der Waals surface area (Å²) in [6, 6.07) is 4.78. The van der Waals surface area contributed by atoms with Crippen molar-refractivity contribution >= 4 is 0 Å². The highest BCUT2D eigenvalue weighted by Crippen LogP contribution is 2.38. The minimum Gasteiger partial charge on any atom is -0.492 e. The van der Waals surface area contributed by atoms with Gasteiger partial charge in [0.2, 0.25) is 0 Å². The molecule has 1 N–H and O–H groups in total. The highest BCUT2D eigenvalue weighted by atomic mass is 19.1. The van der Waals surface area contributed by atoms with Gasteiger partial charge in [-0.05, 0) is 36.7 Å². The van der Waals surface area contributed by atoms with E-state index in [1.807, 2.05) is 0 Å². The fraction of sp³-hybridized carbons (Fsp3) is 0.385. The van der Waals surface area contributed by atoms with Gasteiger partial charge < -0.3 is 10.1 Å². The maximum Gasteiger partial charge on any atom is 0.123 e. The molecular formula is C13H14FNO. The molecule has 0 aromatic heterocycles. The van der Waals surface area contributed by atoms with E-state index in [4.69, 9.17) is 4.74 Å². The van der Waals surface area contributed by atoms with Gasteiger partial charge in [-0.1, -0.05) is 6.08 Å². The number of benzene rings is 1. The lowest BCUT2D eigenvalue weighted by Gasteiger charge is -2.19. The standard InChI is InChI=1S/C13H14FNO/c14-10-3-4-13-11(6-10)12(8-16-13)9-2-1-5-15-7-9/h2-4,6,12,15H,1,5,7-8H2/t12-/m0/s1. The van der Waals surface area contributed by atoms with Crippen molar-refractivity contribution in [1.82, 2.24) is 5.32 Å². The Morgan fingerprint density at radius 1 is 1.38 bits per heavy atom.